The fourth-order valence-corrected chi connectivity index (χ4v) is 2.27. The summed E-state index contributed by atoms with van der Waals surface area (Å²) in [7, 11) is 0. The number of hydrogen-bond donors (Lipinski definition) is 2. The molecule has 0 aliphatic carbocycles. The normalized spacial score (nSPS) is 23.9. The fourth-order valence-electron chi connectivity index (χ4n) is 1.91. The lowest BCUT2D eigenvalue weighted by atomic mass is 9.86. The van der Waals surface area contributed by atoms with Crippen molar-refractivity contribution in [3.05, 3.63) is 33.8 Å². The SMILES string of the molecule is O=C(O)CC1(O)COCc2ccc(Br)cc21. The maximum Gasteiger partial charge on any atom is 0.306 e. The van der Waals surface area contributed by atoms with Gasteiger partial charge in [0.15, 0.2) is 0 Å². The van der Waals surface area contributed by atoms with Crippen LogP contribution in [0.4, 0.5) is 0 Å². The van der Waals surface area contributed by atoms with Crippen LogP contribution in [0.2, 0.25) is 0 Å². The Bertz CT molecular complexity index is 432. The van der Waals surface area contributed by atoms with Crippen molar-refractivity contribution < 1.29 is 19.7 Å². The number of ether oxygens (including phenoxy) is 1. The minimum absolute atomic E-state index is 0.0166. The van der Waals surface area contributed by atoms with Crippen molar-refractivity contribution in [2.45, 2.75) is 18.6 Å². The second-order valence-electron chi connectivity index (χ2n) is 3.90. The third-order valence-electron chi connectivity index (χ3n) is 2.62. The van der Waals surface area contributed by atoms with Crippen LogP contribution in [-0.4, -0.2) is 22.8 Å². The largest absolute Gasteiger partial charge is 0.481 e. The van der Waals surface area contributed by atoms with Crippen LogP contribution >= 0.6 is 15.9 Å². The number of rotatable bonds is 2. The smallest absolute Gasteiger partial charge is 0.306 e. The van der Waals surface area contributed by atoms with E-state index in [-0.39, 0.29) is 13.0 Å². The summed E-state index contributed by atoms with van der Waals surface area (Å²) in [6.07, 6.45) is -0.351. The highest BCUT2D eigenvalue weighted by atomic mass is 79.9. The van der Waals surface area contributed by atoms with E-state index < -0.39 is 11.6 Å². The van der Waals surface area contributed by atoms with E-state index in [2.05, 4.69) is 15.9 Å². The quantitative estimate of drug-likeness (QED) is 0.867. The third-order valence-corrected chi connectivity index (χ3v) is 3.11. The van der Waals surface area contributed by atoms with Crippen molar-refractivity contribution >= 4 is 21.9 Å². The first kappa shape index (κ1) is 11.6. The second kappa shape index (κ2) is 4.16. The van der Waals surface area contributed by atoms with E-state index in [0.29, 0.717) is 12.2 Å². The number of aliphatic hydroxyl groups is 1. The third kappa shape index (κ3) is 2.11. The Kier molecular flexibility index (Phi) is 3.01. The molecule has 4 nitrogen and oxygen atoms in total. The molecule has 16 heavy (non-hydrogen) atoms. The lowest BCUT2D eigenvalue weighted by Crippen LogP contribution is -2.38. The van der Waals surface area contributed by atoms with E-state index in [1.807, 2.05) is 12.1 Å². The maximum absolute atomic E-state index is 10.7. The Hall–Kier alpha value is -0.910. The van der Waals surface area contributed by atoms with Gasteiger partial charge in [0, 0.05) is 4.47 Å². The Morgan fingerprint density at radius 2 is 2.31 bits per heavy atom. The summed E-state index contributed by atoms with van der Waals surface area (Å²) in [6.45, 7) is 0.424. The first-order valence-electron chi connectivity index (χ1n) is 4.82. The molecule has 1 aromatic carbocycles. The Labute approximate surface area is 101 Å². The van der Waals surface area contributed by atoms with Gasteiger partial charge in [0.2, 0.25) is 0 Å². The van der Waals surface area contributed by atoms with Crippen LogP contribution in [0.25, 0.3) is 0 Å². The van der Waals surface area contributed by atoms with Gasteiger partial charge >= 0.3 is 5.97 Å². The van der Waals surface area contributed by atoms with Crippen molar-refractivity contribution in [3.8, 4) is 0 Å². The molecule has 1 heterocycles. The van der Waals surface area contributed by atoms with Crippen LogP contribution in [-0.2, 0) is 21.7 Å². The summed E-state index contributed by atoms with van der Waals surface area (Å²) in [4.78, 5) is 10.7. The van der Waals surface area contributed by atoms with Gasteiger partial charge in [-0.05, 0) is 23.3 Å². The predicted octanol–water partition coefficient (Wildman–Crippen LogP) is 1.64. The minimum atomic E-state index is -1.43. The molecule has 0 fully saturated rings. The van der Waals surface area contributed by atoms with Gasteiger partial charge in [-0.25, -0.2) is 0 Å². The summed E-state index contributed by atoms with van der Waals surface area (Å²) < 4.78 is 6.04. The summed E-state index contributed by atoms with van der Waals surface area (Å²) in [5.41, 5.74) is 0.0390. The number of carboxylic acids is 1. The number of halogens is 1. The molecular formula is C11H11BrO4. The standard InChI is InChI=1S/C11H11BrO4/c12-8-2-1-7-5-16-6-11(15,4-10(13)14)9(7)3-8/h1-3,15H,4-6H2,(H,13,14). The molecule has 2 N–H and O–H groups in total. The van der Waals surface area contributed by atoms with Gasteiger partial charge in [-0.15, -0.1) is 0 Å². The fraction of sp³-hybridized carbons (Fsp3) is 0.364. The van der Waals surface area contributed by atoms with Crippen LogP contribution in [0.15, 0.2) is 22.7 Å². The first-order chi connectivity index (χ1) is 7.51. The van der Waals surface area contributed by atoms with Gasteiger partial charge in [-0.2, -0.15) is 0 Å². The lowest BCUT2D eigenvalue weighted by Gasteiger charge is -2.33. The Balaban J connectivity index is 2.45. The number of aliphatic carboxylic acids is 1. The van der Waals surface area contributed by atoms with Gasteiger partial charge in [0.1, 0.15) is 5.60 Å². The van der Waals surface area contributed by atoms with E-state index in [4.69, 9.17) is 9.84 Å². The van der Waals surface area contributed by atoms with Crippen LogP contribution in [0, 0.1) is 0 Å². The van der Waals surface area contributed by atoms with Crippen molar-refractivity contribution in [3.63, 3.8) is 0 Å². The molecule has 1 aliphatic heterocycles. The highest BCUT2D eigenvalue weighted by Gasteiger charge is 2.37. The van der Waals surface area contributed by atoms with Gasteiger partial charge in [-0.1, -0.05) is 22.0 Å². The van der Waals surface area contributed by atoms with Gasteiger partial charge in [0.05, 0.1) is 19.6 Å². The zero-order chi connectivity index (χ0) is 11.8. The summed E-state index contributed by atoms with van der Waals surface area (Å²) in [5.74, 6) is -1.04. The molecule has 1 unspecified atom stereocenters. The van der Waals surface area contributed by atoms with Crippen LogP contribution in [0.5, 0.6) is 0 Å². The molecule has 0 radical (unpaired) electrons. The number of hydrogen-bond acceptors (Lipinski definition) is 3. The molecule has 0 aromatic heterocycles. The highest BCUT2D eigenvalue weighted by molar-refractivity contribution is 9.10. The molecule has 5 heteroatoms. The Morgan fingerprint density at radius 3 is 3.00 bits per heavy atom. The molecule has 0 saturated carbocycles. The Morgan fingerprint density at radius 1 is 1.56 bits per heavy atom. The van der Waals surface area contributed by atoms with Crippen LogP contribution in [0.1, 0.15) is 17.5 Å². The minimum Gasteiger partial charge on any atom is -0.481 e. The first-order valence-corrected chi connectivity index (χ1v) is 5.61. The van der Waals surface area contributed by atoms with Gasteiger partial charge in [-0.3, -0.25) is 4.79 Å². The van der Waals surface area contributed by atoms with Crippen LogP contribution in [0.3, 0.4) is 0 Å². The molecule has 0 spiro atoms. The van der Waals surface area contributed by atoms with E-state index in [9.17, 15) is 9.90 Å². The second-order valence-corrected chi connectivity index (χ2v) is 4.81. The molecule has 86 valence electrons. The lowest BCUT2D eigenvalue weighted by molar-refractivity contribution is -0.148. The molecule has 1 atom stereocenters. The maximum atomic E-state index is 10.7. The average Bonchev–Trinajstić information content (AvgIpc) is 2.18. The molecule has 0 amide bonds. The summed E-state index contributed by atoms with van der Waals surface area (Å²) >= 11 is 3.31. The molecule has 1 aliphatic rings. The van der Waals surface area contributed by atoms with Crippen molar-refractivity contribution in [2.24, 2.45) is 0 Å². The number of fused-ring (bicyclic) bond motifs is 1. The van der Waals surface area contributed by atoms with Crippen molar-refractivity contribution in [2.75, 3.05) is 6.61 Å². The monoisotopic (exact) mass is 286 g/mol. The predicted molar refractivity (Wildman–Crippen MR) is 59.9 cm³/mol. The zero-order valence-electron chi connectivity index (χ0n) is 8.44. The van der Waals surface area contributed by atoms with Crippen LogP contribution < -0.4 is 0 Å². The number of carbonyl (C=O) groups is 1. The molecule has 0 bridgehead atoms. The topological polar surface area (TPSA) is 66.8 Å². The molecule has 0 saturated heterocycles. The van der Waals surface area contributed by atoms with E-state index >= 15 is 0 Å². The average molecular weight is 287 g/mol. The van der Waals surface area contributed by atoms with Crippen molar-refractivity contribution in [1.82, 2.24) is 0 Å². The molecule has 2 rings (SSSR count). The van der Waals surface area contributed by atoms with Crippen molar-refractivity contribution in [1.29, 1.82) is 0 Å². The highest BCUT2D eigenvalue weighted by Crippen LogP contribution is 2.34. The van der Waals surface area contributed by atoms with E-state index in [1.165, 1.54) is 0 Å². The van der Waals surface area contributed by atoms with Gasteiger partial charge in [0.25, 0.3) is 0 Å². The van der Waals surface area contributed by atoms with E-state index in [0.717, 1.165) is 10.0 Å². The molecule has 1 aromatic rings. The summed E-state index contributed by atoms with van der Waals surface area (Å²) in [6, 6.07) is 5.42. The summed E-state index contributed by atoms with van der Waals surface area (Å²) in [5, 5.41) is 19.1. The molecular weight excluding hydrogens is 276 g/mol. The van der Waals surface area contributed by atoms with E-state index in [1.54, 1.807) is 6.07 Å². The number of carboxylic acid groups (broad SMARTS) is 1. The zero-order valence-corrected chi connectivity index (χ0v) is 10.0. The van der Waals surface area contributed by atoms with Gasteiger partial charge < -0.3 is 14.9 Å². The number of benzene rings is 1.